The van der Waals surface area contributed by atoms with E-state index < -0.39 is 0 Å². The topological polar surface area (TPSA) is 25.8 Å². The fourth-order valence-corrected chi connectivity index (χ4v) is 0.721. The van der Waals surface area contributed by atoms with E-state index >= 15 is 0 Å². The van der Waals surface area contributed by atoms with Gasteiger partial charge in [0.05, 0.1) is 0 Å². The van der Waals surface area contributed by atoms with Crippen molar-refractivity contribution in [3.63, 3.8) is 0 Å². The van der Waals surface area contributed by atoms with Crippen LogP contribution in [0.25, 0.3) is 0 Å². The lowest BCUT2D eigenvalue weighted by Crippen LogP contribution is -1.82. The molecule has 0 spiro atoms. The van der Waals surface area contributed by atoms with Gasteiger partial charge in [-0.2, -0.15) is 0 Å². The largest absolute Gasteiger partial charge is 0.229 e. The molecular weight excluding hydrogens is 180 g/mol. The van der Waals surface area contributed by atoms with Gasteiger partial charge in [-0.25, -0.2) is 9.97 Å². The molecule has 0 atom stereocenters. The Bertz CT molecular complexity index is 251. The summed E-state index contributed by atoms with van der Waals surface area (Å²) in [6, 6.07) is 1.68. The fraction of sp³-hybridized carbons (Fsp3) is 0. The van der Waals surface area contributed by atoms with Crippen LogP contribution in [0.15, 0.2) is 17.0 Å². The van der Waals surface area contributed by atoms with E-state index in [1.807, 2.05) is 0 Å². The Balaban J connectivity index is 3.12. The summed E-state index contributed by atoms with van der Waals surface area (Å²) in [4.78, 5) is 7.58. The molecule has 44 valence electrons. The minimum absolute atomic E-state index is 0.594. The van der Waals surface area contributed by atoms with Crippen molar-refractivity contribution in [2.75, 3.05) is 0 Å². The van der Waals surface area contributed by atoms with Gasteiger partial charge in [0.15, 0.2) is 0 Å². The predicted octanol–water partition coefficient (Wildman–Crippen LogP) is 1.22. The molecule has 1 heterocycles. The molecule has 1 aromatic rings. The Kier molecular flexibility index (Phi) is 1.81. The summed E-state index contributed by atoms with van der Waals surface area (Å²) in [5.74, 6) is 2.39. The SMILES string of the molecule is C#Cc1cc(Br)ncn1. The number of hydrogen-bond donors (Lipinski definition) is 0. The third-order valence-corrected chi connectivity index (χ3v) is 1.22. The molecule has 9 heavy (non-hydrogen) atoms. The van der Waals surface area contributed by atoms with Crippen LogP contribution in [0.1, 0.15) is 5.69 Å². The normalized spacial score (nSPS) is 8.44. The molecule has 0 bridgehead atoms. The summed E-state index contributed by atoms with van der Waals surface area (Å²) in [7, 11) is 0. The summed E-state index contributed by atoms with van der Waals surface area (Å²) in [6.45, 7) is 0. The highest BCUT2D eigenvalue weighted by atomic mass is 79.9. The number of rotatable bonds is 0. The zero-order chi connectivity index (χ0) is 6.69. The van der Waals surface area contributed by atoms with Crippen molar-refractivity contribution in [1.29, 1.82) is 0 Å². The monoisotopic (exact) mass is 182 g/mol. The van der Waals surface area contributed by atoms with Gasteiger partial charge in [-0.3, -0.25) is 0 Å². The van der Waals surface area contributed by atoms with E-state index in [0.29, 0.717) is 10.3 Å². The van der Waals surface area contributed by atoms with Crippen molar-refractivity contribution in [3.8, 4) is 12.3 Å². The second kappa shape index (κ2) is 2.60. The van der Waals surface area contributed by atoms with E-state index in [1.54, 1.807) is 6.07 Å². The summed E-state index contributed by atoms with van der Waals surface area (Å²) in [5.41, 5.74) is 0.594. The smallest absolute Gasteiger partial charge is 0.118 e. The van der Waals surface area contributed by atoms with Crippen molar-refractivity contribution >= 4 is 15.9 Å². The molecule has 1 aromatic heterocycles. The van der Waals surface area contributed by atoms with Crippen molar-refractivity contribution < 1.29 is 0 Å². The van der Waals surface area contributed by atoms with Gasteiger partial charge in [0.1, 0.15) is 16.6 Å². The number of aromatic nitrogens is 2. The molecule has 0 aliphatic rings. The molecule has 0 aliphatic heterocycles. The van der Waals surface area contributed by atoms with Gasteiger partial charge < -0.3 is 0 Å². The molecule has 0 N–H and O–H groups in total. The minimum Gasteiger partial charge on any atom is -0.229 e. The first kappa shape index (κ1) is 6.24. The van der Waals surface area contributed by atoms with Gasteiger partial charge in [0.25, 0.3) is 0 Å². The third kappa shape index (κ3) is 1.51. The molecule has 0 fully saturated rings. The van der Waals surface area contributed by atoms with Crippen LogP contribution in [-0.2, 0) is 0 Å². The highest BCUT2D eigenvalue weighted by Gasteiger charge is 1.88. The second-order valence-electron chi connectivity index (χ2n) is 1.37. The van der Waals surface area contributed by atoms with Crippen LogP contribution in [0, 0.1) is 12.3 Å². The predicted molar refractivity (Wildman–Crippen MR) is 37.7 cm³/mol. The van der Waals surface area contributed by atoms with Crippen molar-refractivity contribution in [3.05, 3.63) is 22.7 Å². The average Bonchev–Trinajstić information content (AvgIpc) is 1.88. The van der Waals surface area contributed by atoms with Crippen LogP contribution in [0.2, 0.25) is 0 Å². The Labute approximate surface area is 61.5 Å². The van der Waals surface area contributed by atoms with Crippen LogP contribution in [0.5, 0.6) is 0 Å². The minimum atomic E-state index is 0.594. The molecule has 0 aliphatic carbocycles. The van der Waals surface area contributed by atoms with E-state index in [-0.39, 0.29) is 0 Å². The van der Waals surface area contributed by atoms with Gasteiger partial charge in [-0.15, -0.1) is 6.42 Å². The second-order valence-corrected chi connectivity index (χ2v) is 2.18. The quantitative estimate of drug-likeness (QED) is 0.446. The van der Waals surface area contributed by atoms with E-state index in [4.69, 9.17) is 6.42 Å². The van der Waals surface area contributed by atoms with Gasteiger partial charge >= 0.3 is 0 Å². The average molecular weight is 183 g/mol. The van der Waals surface area contributed by atoms with E-state index in [2.05, 4.69) is 31.8 Å². The molecule has 1 rings (SSSR count). The van der Waals surface area contributed by atoms with Crippen LogP contribution in [-0.4, -0.2) is 9.97 Å². The fourth-order valence-electron chi connectivity index (χ4n) is 0.413. The third-order valence-electron chi connectivity index (χ3n) is 0.782. The Hall–Kier alpha value is -0.880. The zero-order valence-corrected chi connectivity index (χ0v) is 6.09. The molecule has 0 saturated heterocycles. The molecule has 0 aromatic carbocycles. The lowest BCUT2D eigenvalue weighted by molar-refractivity contribution is 1.12. The Morgan fingerprint density at radius 1 is 1.56 bits per heavy atom. The van der Waals surface area contributed by atoms with E-state index in [1.165, 1.54) is 6.33 Å². The maximum Gasteiger partial charge on any atom is 0.118 e. The molecule has 0 saturated carbocycles. The number of halogens is 1. The van der Waals surface area contributed by atoms with Crippen LogP contribution in [0.4, 0.5) is 0 Å². The first-order chi connectivity index (χ1) is 4.33. The summed E-state index contributed by atoms with van der Waals surface area (Å²) < 4.78 is 0.713. The number of terminal acetylenes is 1. The van der Waals surface area contributed by atoms with Crippen molar-refractivity contribution in [2.24, 2.45) is 0 Å². The lowest BCUT2D eigenvalue weighted by atomic mass is 10.4. The molecule has 3 heteroatoms. The molecule has 0 unspecified atom stereocenters. The number of hydrogen-bond acceptors (Lipinski definition) is 2. The molecule has 0 radical (unpaired) electrons. The highest BCUT2D eigenvalue weighted by molar-refractivity contribution is 9.10. The van der Waals surface area contributed by atoms with Gasteiger partial charge in [-0.05, 0) is 15.9 Å². The van der Waals surface area contributed by atoms with Gasteiger partial charge in [-0.1, -0.05) is 5.92 Å². The van der Waals surface area contributed by atoms with Gasteiger partial charge in [0.2, 0.25) is 0 Å². The zero-order valence-electron chi connectivity index (χ0n) is 4.50. The first-order valence-electron chi connectivity index (χ1n) is 2.27. The van der Waals surface area contributed by atoms with Crippen molar-refractivity contribution in [1.82, 2.24) is 9.97 Å². The molecular formula is C6H3BrN2. The Morgan fingerprint density at radius 3 is 2.78 bits per heavy atom. The maximum atomic E-state index is 5.06. The molecule has 0 amide bonds. The van der Waals surface area contributed by atoms with Crippen LogP contribution in [0.3, 0.4) is 0 Å². The van der Waals surface area contributed by atoms with Crippen molar-refractivity contribution in [2.45, 2.75) is 0 Å². The van der Waals surface area contributed by atoms with E-state index in [0.717, 1.165) is 0 Å². The standard InChI is InChI=1S/C6H3BrN2/c1-2-5-3-6(7)9-4-8-5/h1,3-4H. The lowest BCUT2D eigenvalue weighted by Gasteiger charge is -1.87. The van der Waals surface area contributed by atoms with Crippen LogP contribution < -0.4 is 0 Å². The van der Waals surface area contributed by atoms with E-state index in [9.17, 15) is 0 Å². The van der Waals surface area contributed by atoms with Gasteiger partial charge in [0, 0.05) is 6.07 Å². The summed E-state index contributed by atoms with van der Waals surface area (Å²) in [5, 5.41) is 0. The summed E-state index contributed by atoms with van der Waals surface area (Å²) >= 11 is 3.16. The Morgan fingerprint density at radius 2 is 2.33 bits per heavy atom. The number of nitrogens with zero attached hydrogens (tertiary/aromatic N) is 2. The highest BCUT2D eigenvalue weighted by Crippen LogP contribution is 2.03. The first-order valence-corrected chi connectivity index (χ1v) is 3.06. The molecule has 2 nitrogen and oxygen atoms in total. The maximum absolute atomic E-state index is 5.06. The summed E-state index contributed by atoms with van der Waals surface area (Å²) in [6.07, 6.45) is 6.47. The van der Waals surface area contributed by atoms with Crippen LogP contribution >= 0.6 is 15.9 Å².